The van der Waals surface area contributed by atoms with Crippen LogP contribution < -0.4 is 10.6 Å². The molecule has 0 saturated carbocycles. The number of piperidine rings is 1. The Balaban J connectivity index is 1.75. The summed E-state index contributed by atoms with van der Waals surface area (Å²) in [7, 11) is 0. The normalized spacial score (nSPS) is 19.3. The Hall–Kier alpha value is -1.95. The smallest absolute Gasteiger partial charge is 0.258 e. The molecular formula is C13H17N5O. The number of nitrogens with zero attached hydrogens (tertiary/aromatic N) is 3. The molecule has 1 aliphatic heterocycles. The Kier molecular flexibility index (Phi) is 3.41. The summed E-state index contributed by atoms with van der Waals surface area (Å²) in [5.74, 6) is 2.02. The van der Waals surface area contributed by atoms with Gasteiger partial charge in [0, 0.05) is 24.3 Å². The zero-order valence-corrected chi connectivity index (χ0v) is 10.9. The second kappa shape index (κ2) is 5.36. The molecule has 0 spiro atoms. The summed E-state index contributed by atoms with van der Waals surface area (Å²) in [5.41, 5.74) is 0.891. The van der Waals surface area contributed by atoms with E-state index in [-0.39, 0.29) is 0 Å². The van der Waals surface area contributed by atoms with Gasteiger partial charge in [-0.15, -0.1) is 0 Å². The van der Waals surface area contributed by atoms with Crippen molar-refractivity contribution in [2.75, 3.05) is 18.4 Å². The van der Waals surface area contributed by atoms with Crippen LogP contribution in [0.3, 0.4) is 0 Å². The second-order valence-corrected chi connectivity index (χ2v) is 4.76. The molecule has 0 radical (unpaired) electrons. The first-order valence-corrected chi connectivity index (χ1v) is 6.55. The van der Waals surface area contributed by atoms with Gasteiger partial charge >= 0.3 is 0 Å². The molecule has 0 bridgehead atoms. The predicted octanol–water partition coefficient (Wildman–Crippen LogP) is 1.60. The van der Waals surface area contributed by atoms with Crippen molar-refractivity contribution in [3.05, 3.63) is 24.2 Å². The summed E-state index contributed by atoms with van der Waals surface area (Å²) in [4.78, 5) is 8.56. The third-order valence-corrected chi connectivity index (χ3v) is 3.18. The van der Waals surface area contributed by atoms with Crippen molar-refractivity contribution in [3.8, 4) is 11.5 Å². The summed E-state index contributed by atoms with van der Waals surface area (Å²) in [6.45, 7) is 3.89. The van der Waals surface area contributed by atoms with Gasteiger partial charge in [-0.1, -0.05) is 5.16 Å². The Morgan fingerprint density at radius 1 is 1.47 bits per heavy atom. The molecule has 0 aromatic carbocycles. The molecule has 1 unspecified atom stereocenters. The number of anilines is 1. The van der Waals surface area contributed by atoms with Crippen LogP contribution in [0.4, 0.5) is 5.82 Å². The molecule has 100 valence electrons. The number of pyridine rings is 1. The number of hydrogen-bond acceptors (Lipinski definition) is 6. The topological polar surface area (TPSA) is 75.9 Å². The average molecular weight is 259 g/mol. The summed E-state index contributed by atoms with van der Waals surface area (Å²) >= 11 is 0. The Bertz CT molecular complexity index is 547. The molecule has 2 aromatic rings. The standard InChI is InChI=1S/C13H17N5O/c1-9-16-13(19-18-9)10-4-6-15-12(7-10)17-11-3-2-5-14-8-11/h4,6-7,11,14H,2-3,5,8H2,1H3,(H,15,17). The monoisotopic (exact) mass is 259 g/mol. The van der Waals surface area contributed by atoms with Crippen LogP contribution in [0.2, 0.25) is 0 Å². The van der Waals surface area contributed by atoms with Crippen molar-refractivity contribution in [2.45, 2.75) is 25.8 Å². The van der Waals surface area contributed by atoms with Crippen LogP contribution in [-0.2, 0) is 0 Å². The van der Waals surface area contributed by atoms with Crippen molar-refractivity contribution in [3.63, 3.8) is 0 Å². The third-order valence-electron chi connectivity index (χ3n) is 3.18. The lowest BCUT2D eigenvalue weighted by Crippen LogP contribution is -2.38. The van der Waals surface area contributed by atoms with Crippen molar-refractivity contribution in [1.29, 1.82) is 0 Å². The lowest BCUT2D eigenvalue weighted by molar-refractivity contribution is 0.425. The van der Waals surface area contributed by atoms with Crippen LogP contribution in [0.25, 0.3) is 11.5 Å². The molecule has 3 rings (SSSR count). The van der Waals surface area contributed by atoms with Gasteiger partial charge in [0.2, 0.25) is 0 Å². The molecule has 6 nitrogen and oxygen atoms in total. The number of hydrogen-bond donors (Lipinski definition) is 2. The maximum absolute atomic E-state index is 5.17. The van der Waals surface area contributed by atoms with E-state index >= 15 is 0 Å². The number of nitrogens with one attached hydrogen (secondary N) is 2. The summed E-state index contributed by atoms with van der Waals surface area (Å²) < 4.78 is 5.17. The largest absolute Gasteiger partial charge is 0.366 e. The Morgan fingerprint density at radius 2 is 2.42 bits per heavy atom. The summed E-state index contributed by atoms with van der Waals surface area (Å²) in [6, 6.07) is 4.25. The fraction of sp³-hybridized carbons (Fsp3) is 0.462. The zero-order chi connectivity index (χ0) is 13.1. The van der Waals surface area contributed by atoms with E-state index in [1.54, 1.807) is 13.1 Å². The predicted molar refractivity (Wildman–Crippen MR) is 71.8 cm³/mol. The molecule has 1 fully saturated rings. The molecule has 19 heavy (non-hydrogen) atoms. The van der Waals surface area contributed by atoms with Gasteiger partial charge in [0.15, 0.2) is 5.82 Å². The minimum Gasteiger partial charge on any atom is -0.366 e. The molecule has 1 saturated heterocycles. The maximum atomic E-state index is 5.17. The zero-order valence-electron chi connectivity index (χ0n) is 10.9. The van der Waals surface area contributed by atoms with Gasteiger partial charge in [-0.2, -0.15) is 4.98 Å². The molecule has 0 amide bonds. The van der Waals surface area contributed by atoms with Crippen LogP contribution in [0.5, 0.6) is 0 Å². The lowest BCUT2D eigenvalue weighted by Gasteiger charge is -2.24. The fourth-order valence-corrected chi connectivity index (χ4v) is 2.24. The molecule has 2 N–H and O–H groups in total. The highest BCUT2D eigenvalue weighted by Gasteiger charge is 2.14. The van der Waals surface area contributed by atoms with Gasteiger partial charge in [0.25, 0.3) is 5.89 Å². The van der Waals surface area contributed by atoms with Crippen molar-refractivity contribution in [2.24, 2.45) is 0 Å². The fourth-order valence-electron chi connectivity index (χ4n) is 2.24. The van der Waals surface area contributed by atoms with Crippen LogP contribution >= 0.6 is 0 Å². The van der Waals surface area contributed by atoms with E-state index in [1.807, 2.05) is 12.1 Å². The van der Waals surface area contributed by atoms with E-state index in [4.69, 9.17) is 4.52 Å². The highest BCUT2D eigenvalue weighted by Crippen LogP contribution is 2.20. The highest BCUT2D eigenvalue weighted by atomic mass is 16.5. The highest BCUT2D eigenvalue weighted by molar-refractivity contribution is 5.58. The van der Waals surface area contributed by atoms with Gasteiger partial charge in [-0.05, 0) is 38.4 Å². The molecule has 2 aromatic heterocycles. The first-order chi connectivity index (χ1) is 9.31. The van der Waals surface area contributed by atoms with Crippen molar-refractivity contribution in [1.82, 2.24) is 20.4 Å². The second-order valence-electron chi connectivity index (χ2n) is 4.76. The molecular weight excluding hydrogens is 242 g/mol. The minimum absolute atomic E-state index is 0.431. The third kappa shape index (κ3) is 2.90. The average Bonchev–Trinajstić information content (AvgIpc) is 2.87. The van der Waals surface area contributed by atoms with E-state index in [1.165, 1.54) is 12.8 Å². The van der Waals surface area contributed by atoms with Crippen LogP contribution in [0.1, 0.15) is 18.7 Å². The van der Waals surface area contributed by atoms with Crippen molar-refractivity contribution >= 4 is 5.82 Å². The van der Waals surface area contributed by atoms with Gasteiger partial charge in [-0.25, -0.2) is 4.98 Å². The van der Waals surface area contributed by atoms with Gasteiger partial charge < -0.3 is 15.2 Å². The van der Waals surface area contributed by atoms with Crippen LogP contribution in [-0.4, -0.2) is 34.3 Å². The maximum Gasteiger partial charge on any atom is 0.258 e. The van der Waals surface area contributed by atoms with E-state index in [2.05, 4.69) is 25.8 Å². The molecule has 1 aliphatic rings. The van der Waals surface area contributed by atoms with Crippen molar-refractivity contribution < 1.29 is 4.52 Å². The molecule has 1 atom stereocenters. The number of rotatable bonds is 3. The van der Waals surface area contributed by atoms with E-state index in [9.17, 15) is 0 Å². The molecule has 3 heterocycles. The van der Waals surface area contributed by atoms with Crippen LogP contribution in [0.15, 0.2) is 22.9 Å². The minimum atomic E-state index is 0.431. The van der Waals surface area contributed by atoms with E-state index in [0.717, 1.165) is 24.5 Å². The van der Waals surface area contributed by atoms with Crippen LogP contribution in [0, 0.1) is 6.92 Å². The quantitative estimate of drug-likeness (QED) is 0.872. The first kappa shape index (κ1) is 12.1. The van der Waals surface area contributed by atoms with Gasteiger partial charge in [0.1, 0.15) is 5.82 Å². The number of aromatic nitrogens is 3. The summed E-state index contributed by atoms with van der Waals surface area (Å²) in [5, 5.41) is 10.6. The van der Waals surface area contributed by atoms with Gasteiger partial charge in [0.05, 0.1) is 0 Å². The molecule has 0 aliphatic carbocycles. The first-order valence-electron chi connectivity index (χ1n) is 6.55. The van der Waals surface area contributed by atoms with E-state index < -0.39 is 0 Å². The summed E-state index contributed by atoms with van der Waals surface area (Å²) in [6.07, 6.45) is 4.12. The van der Waals surface area contributed by atoms with E-state index in [0.29, 0.717) is 17.8 Å². The SMILES string of the molecule is Cc1noc(-c2ccnc(NC3CCCNC3)c2)n1. The lowest BCUT2D eigenvalue weighted by atomic mass is 10.1. The molecule has 6 heteroatoms. The van der Waals surface area contributed by atoms with Gasteiger partial charge in [-0.3, -0.25) is 0 Å². The Labute approximate surface area is 111 Å². The number of aryl methyl sites for hydroxylation is 1. The Morgan fingerprint density at radius 3 is 3.16 bits per heavy atom.